The first-order chi connectivity index (χ1) is 15.7. The van der Waals surface area contributed by atoms with Gasteiger partial charge in [0.2, 0.25) is 0 Å². The van der Waals surface area contributed by atoms with Crippen molar-refractivity contribution in [2.24, 2.45) is 0 Å². The Balaban J connectivity index is 1.37. The van der Waals surface area contributed by atoms with Gasteiger partial charge in [0.25, 0.3) is 0 Å². The summed E-state index contributed by atoms with van der Waals surface area (Å²) in [5.74, 6) is -0.949. The van der Waals surface area contributed by atoms with Crippen molar-refractivity contribution in [3.05, 3.63) is 23.8 Å². The maximum Gasteiger partial charge on any atom is 0.335 e. The molecule has 2 rings (SSSR count). The van der Waals surface area contributed by atoms with Gasteiger partial charge in [0.15, 0.2) is 0 Å². The van der Waals surface area contributed by atoms with Crippen LogP contribution in [0.3, 0.4) is 0 Å². The summed E-state index contributed by atoms with van der Waals surface area (Å²) in [7, 11) is 0. The Kier molecular flexibility index (Phi) is 13.6. The number of nitrogens with zero attached hydrogens (tertiary/aromatic N) is 3. The molecule has 1 aromatic carbocycles. The van der Waals surface area contributed by atoms with Crippen molar-refractivity contribution in [1.29, 1.82) is 0 Å². The third kappa shape index (κ3) is 10.6. The fourth-order valence-corrected chi connectivity index (χ4v) is 3.96. The van der Waals surface area contributed by atoms with Crippen LogP contribution in [0.2, 0.25) is 0 Å². The molecule has 0 saturated heterocycles. The van der Waals surface area contributed by atoms with Crippen LogP contribution in [0, 0.1) is 0 Å². The number of rotatable bonds is 20. The minimum Gasteiger partial charge on any atom is -0.478 e. The van der Waals surface area contributed by atoms with Gasteiger partial charge in [-0.3, -0.25) is 5.32 Å². The Morgan fingerprint density at radius 2 is 1.44 bits per heavy atom. The Morgan fingerprint density at radius 1 is 0.844 bits per heavy atom. The van der Waals surface area contributed by atoms with E-state index in [4.69, 9.17) is 5.11 Å². The molecule has 0 unspecified atom stereocenters. The van der Waals surface area contributed by atoms with E-state index in [1.54, 1.807) is 22.9 Å². The van der Waals surface area contributed by atoms with Crippen molar-refractivity contribution in [2.45, 2.75) is 97.1 Å². The van der Waals surface area contributed by atoms with Crippen molar-refractivity contribution in [2.75, 3.05) is 19.6 Å². The summed E-state index contributed by atoms with van der Waals surface area (Å²) in [6.45, 7) is 5.88. The lowest BCUT2D eigenvalue weighted by Gasteiger charge is -2.07. The zero-order valence-electron chi connectivity index (χ0n) is 19.9. The summed E-state index contributed by atoms with van der Waals surface area (Å²) >= 11 is 0. The highest BCUT2D eigenvalue weighted by atomic mass is 16.4. The van der Waals surface area contributed by atoms with Gasteiger partial charge in [0.05, 0.1) is 17.7 Å². The van der Waals surface area contributed by atoms with Gasteiger partial charge in [-0.25, -0.2) is 9.48 Å². The first kappa shape index (κ1) is 26.3. The first-order valence-electron chi connectivity index (χ1n) is 12.7. The van der Waals surface area contributed by atoms with Crippen LogP contribution < -0.4 is 10.6 Å². The zero-order chi connectivity index (χ0) is 22.9. The standard InChI is InChI=1S/C25H43N5O2/c1-2-3-4-5-6-7-8-9-10-11-12-13-17-26-18-14-19-27-21-30-24-16-15-22(25(31)32)20-23(24)28-29-30/h15-16,20,26-27H,2-14,17-19,21H2,1H3,(H,31,32). The van der Waals surface area contributed by atoms with E-state index in [-0.39, 0.29) is 5.56 Å². The molecule has 0 saturated carbocycles. The van der Waals surface area contributed by atoms with Crippen molar-refractivity contribution in [3.8, 4) is 0 Å². The summed E-state index contributed by atoms with van der Waals surface area (Å²) in [6, 6.07) is 4.90. The maximum atomic E-state index is 11.0. The normalized spacial score (nSPS) is 11.4. The molecule has 0 bridgehead atoms. The molecule has 0 radical (unpaired) electrons. The van der Waals surface area contributed by atoms with Gasteiger partial charge in [0.1, 0.15) is 5.52 Å². The quantitative estimate of drug-likeness (QED) is 0.238. The monoisotopic (exact) mass is 445 g/mol. The fraction of sp³-hybridized carbons (Fsp3) is 0.720. The van der Waals surface area contributed by atoms with Crippen LogP contribution in [-0.2, 0) is 6.67 Å². The van der Waals surface area contributed by atoms with E-state index < -0.39 is 5.97 Å². The number of unbranched alkanes of at least 4 members (excludes halogenated alkanes) is 11. The summed E-state index contributed by atoms with van der Waals surface area (Å²) in [6.07, 6.45) is 17.7. The molecular weight excluding hydrogens is 402 g/mol. The highest BCUT2D eigenvalue weighted by molar-refractivity contribution is 5.92. The smallest absolute Gasteiger partial charge is 0.335 e. The number of aromatic nitrogens is 3. The molecule has 0 atom stereocenters. The second-order valence-electron chi connectivity index (χ2n) is 8.75. The zero-order valence-corrected chi connectivity index (χ0v) is 19.9. The van der Waals surface area contributed by atoms with Gasteiger partial charge in [0, 0.05) is 0 Å². The number of hydrogen-bond donors (Lipinski definition) is 3. The van der Waals surface area contributed by atoms with E-state index in [1.165, 1.54) is 77.0 Å². The predicted molar refractivity (Wildman–Crippen MR) is 131 cm³/mol. The van der Waals surface area contributed by atoms with Crippen LogP contribution >= 0.6 is 0 Å². The second-order valence-corrected chi connectivity index (χ2v) is 8.75. The van der Waals surface area contributed by atoms with Crippen molar-refractivity contribution in [1.82, 2.24) is 25.6 Å². The molecule has 7 nitrogen and oxygen atoms in total. The molecule has 0 spiro atoms. The number of fused-ring (bicyclic) bond motifs is 1. The third-order valence-electron chi connectivity index (χ3n) is 5.94. The topological polar surface area (TPSA) is 92.1 Å². The van der Waals surface area contributed by atoms with E-state index in [0.29, 0.717) is 12.2 Å². The van der Waals surface area contributed by atoms with Gasteiger partial charge in [-0.2, -0.15) is 0 Å². The van der Waals surface area contributed by atoms with Crippen LogP contribution in [0.25, 0.3) is 11.0 Å². The molecule has 0 aliphatic heterocycles. The third-order valence-corrected chi connectivity index (χ3v) is 5.94. The highest BCUT2D eigenvalue weighted by Gasteiger charge is 2.08. The van der Waals surface area contributed by atoms with Gasteiger partial charge < -0.3 is 10.4 Å². The minimum absolute atomic E-state index is 0.233. The summed E-state index contributed by atoms with van der Waals surface area (Å²) in [5.41, 5.74) is 1.68. The maximum absolute atomic E-state index is 11.0. The number of hydrogen-bond acceptors (Lipinski definition) is 5. The number of benzene rings is 1. The molecule has 3 N–H and O–H groups in total. The average molecular weight is 446 g/mol. The molecule has 0 aliphatic rings. The lowest BCUT2D eigenvalue weighted by molar-refractivity contribution is 0.0697. The van der Waals surface area contributed by atoms with Crippen LogP contribution in [-0.4, -0.2) is 45.7 Å². The number of aromatic carboxylic acids is 1. The number of nitrogens with one attached hydrogen (secondary N) is 2. The molecule has 1 heterocycles. The fourth-order valence-electron chi connectivity index (χ4n) is 3.96. The molecule has 2 aromatic rings. The molecule has 0 aliphatic carbocycles. The number of carbonyl (C=O) groups is 1. The predicted octanol–water partition coefficient (Wildman–Crippen LogP) is 5.36. The van der Waals surface area contributed by atoms with Crippen molar-refractivity contribution >= 4 is 17.0 Å². The minimum atomic E-state index is -0.949. The Labute approximate surface area is 193 Å². The summed E-state index contributed by atoms with van der Waals surface area (Å²) in [4.78, 5) is 11.0. The molecule has 0 amide bonds. The Morgan fingerprint density at radius 3 is 2.09 bits per heavy atom. The van der Waals surface area contributed by atoms with Crippen LogP contribution in [0.1, 0.15) is 101 Å². The lowest BCUT2D eigenvalue weighted by atomic mass is 10.1. The molecule has 180 valence electrons. The molecule has 0 fully saturated rings. The average Bonchev–Trinajstić information content (AvgIpc) is 3.20. The van der Waals surface area contributed by atoms with Crippen molar-refractivity contribution < 1.29 is 9.90 Å². The highest BCUT2D eigenvalue weighted by Crippen LogP contribution is 2.13. The SMILES string of the molecule is CCCCCCCCCCCCCCNCCCNCn1nnc2cc(C(=O)O)ccc21. The Bertz CT molecular complexity index is 762. The van der Waals surface area contributed by atoms with E-state index in [1.807, 2.05) is 0 Å². The van der Waals surface area contributed by atoms with Crippen molar-refractivity contribution in [3.63, 3.8) is 0 Å². The molecule has 1 aromatic heterocycles. The van der Waals surface area contributed by atoms with Gasteiger partial charge in [-0.05, 0) is 50.7 Å². The van der Waals surface area contributed by atoms with Crippen LogP contribution in [0.5, 0.6) is 0 Å². The second kappa shape index (κ2) is 16.6. The van der Waals surface area contributed by atoms with Crippen LogP contribution in [0.15, 0.2) is 18.2 Å². The van der Waals surface area contributed by atoms with Crippen LogP contribution in [0.4, 0.5) is 0 Å². The largest absolute Gasteiger partial charge is 0.478 e. The Hall–Kier alpha value is -1.99. The van der Waals surface area contributed by atoms with Gasteiger partial charge >= 0.3 is 5.97 Å². The number of carboxylic acids is 1. The molecule has 7 heteroatoms. The molecule has 32 heavy (non-hydrogen) atoms. The first-order valence-corrected chi connectivity index (χ1v) is 12.7. The van der Waals surface area contributed by atoms with E-state index >= 15 is 0 Å². The summed E-state index contributed by atoms with van der Waals surface area (Å²) in [5, 5.41) is 24.1. The van der Waals surface area contributed by atoms with Gasteiger partial charge in [-0.1, -0.05) is 82.8 Å². The molecular formula is C25H43N5O2. The van der Waals surface area contributed by atoms with E-state index in [0.717, 1.165) is 31.6 Å². The lowest BCUT2D eigenvalue weighted by Crippen LogP contribution is -2.25. The van der Waals surface area contributed by atoms with E-state index in [2.05, 4.69) is 27.9 Å². The van der Waals surface area contributed by atoms with E-state index in [9.17, 15) is 4.79 Å². The summed E-state index contributed by atoms with van der Waals surface area (Å²) < 4.78 is 1.76. The van der Waals surface area contributed by atoms with Gasteiger partial charge in [-0.15, -0.1) is 5.10 Å². The number of carboxylic acid groups (broad SMARTS) is 1.